The molecule has 4 aromatic rings. The lowest BCUT2D eigenvalue weighted by atomic mass is 9.89. The van der Waals surface area contributed by atoms with Crippen LogP contribution in [0.4, 0.5) is 11.6 Å². The first-order valence-electron chi connectivity index (χ1n) is 23.2. The third-order valence-electron chi connectivity index (χ3n) is 11.8. The number of ether oxygens (including phenoxy) is 10. The molecule has 0 radical (unpaired) electrons. The normalized spacial score (nSPS) is 20.0. The molecule has 3 atom stereocenters. The number of morpholine rings is 1. The van der Waals surface area contributed by atoms with E-state index in [0.717, 1.165) is 50.0 Å². The zero-order valence-electron chi connectivity index (χ0n) is 38.4. The van der Waals surface area contributed by atoms with E-state index in [4.69, 9.17) is 52.5 Å². The molecule has 5 heterocycles. The number of fused-ring (bicyclic) bond motifs is 2. The summed E-state index contributed by atoms with van der Waals surface area (Å²) in [5.74, 6) is 1.33. The molecule has 360 valence electrons. The number of methoxy groups -OCH3 is 1. The van der Waals surface area contributed by atoms with Gasteiger partial charge in [0.2, 0.25) is 5.95 Å². The Balaban J connectivity index is 0.856. The van der Waals surface area contributed by atoms with Crippen molar-refractivity contribution in [1.29, 1.82) is 5.26 Å². The molecule has 0 amide bonds. The highest BCUT2D eigenvalue weighted by Crippen LogP contribution is 2.39. The molecule has 3 fully saturated rings. The Hall–Kier alpha value is -4.82. The second-order valence-electron chi connectivity index (χ2n) is 16.5. The summed E-state index contributed by atoms with van der Waals surface area (Å²) in [5, 5.41) is 22.2. The molecule has 3 aliphatic rings. The predicted molar refractivity (Wildman–Crippen MR) is 241 cm³/mol. The van der Waals surface area contributed by atoms with Crippen molar-refractivity contribution in [1.82, 2.24) is 39.4 Å². The van der Waals surface area contributed by atoms with E-state index in [1.807, 2.05) is 29.9 Å². The minimum atomic E-state index is -0.251. The number of hydrogen-bond acceptors (Lipinski definition) is 18. The van der Waals surface area contributed by atoms with Crippen LogP contribution in [0.15, 0.2) is 49.4 Å². The van der Waals surface area contributed by atoms with E-state index >= 15 is 0 Å². The maximum atomic E-state index is 9.77. The highest BCUT2D eigenvalue weighted by atomic mass is 16.6. The van der Waals surface area contributed by atoms with Crippen LogP contribution in [-0.4, -0.2) is 176 Å². The van der Waals surface area contributed by atoms with E-state index in [1.54, 1.807) is 36.6 Å². The predicted octanol–water partition coefficient (Wildman–Crippen LogP) is 4.49. The fraction of sp³-hybridized carbons (Fsp3) is 0.652. The van der Waals surface area contributed by atoms with Gasteiger partial charge >= 0.3 is 0 Å². The lowest BCUT2D eigenvalue weighted by Crippen LogP contribution is -2.52. The molecule has 3 aromatic heterocycles. The largest absolute Gasteiger partial charge is 0.487 e. The van der Waals surface area contributed by atoms with Gasteiger partial charge in [-0.3, -0.25) is 9.58 Å². The van der Waals surface area contributed by atoms with Crippen molar-refractivity contribution in [2.24, 2.45) is 0 Å². The molecule has 0 unspecified atom stereocenters. The van der Waals surface area contributed by atoms with Gasteiger partial charge in [-0.25, -0.2) is 19.6 Å². The summed E-state index contributed by atoms with van der Waals surface area (Å²) in [4.78, 5) is 16.1. The van der Waals surface area contributed by atoms with Crippen molar-refractivity contribution in [2.45, 2.75) is 82.3 Å². The molecule has 7 rings (SSSR count). The van der Waals surface area contributed by atoms with E-state index in [-0.39, 0.29) is 12.1 Å². The van der Waals surface area contributed by atoms with E-state index < -0.39 is 0 Å². The maximum Gasteiger partial charge on any atom is 0.257 e. The molecule has 2 saturated heterocycles. The quantitative estimate of drug-likeness (QED) is 0.0691. The number of anilines is 2. The van der Waals surface area contributed by atoms with Crippen molar-refractivity contribution in [3.8, 4) is 28.8 Å². The van der Waals surface area contributed by atoms with Crippen LogP contribution in [0.3, 0.4) is 0 Å². The molecule has 1 saturated carbocycles. The molecular formula is C46H66N10O10. The molecule has 1 aliphatic carbocycles. The van der Waals surface area contributed by atoms with E-state index in [2.05, 4.69) is 36.3 Å². The van der Waals surface area contributed by atoms with Crippen LogP contribution in [0.1, 0.15) is 57.1 Å². The summed E-state index contributed by atoms with van der Waals surface area (Å²) in [7, 11) is 1.65. The molecule has 1 N–H and O–H groups in total. The van der Waals surface area contributed by atoms with E-state index in [0.29, 0.717) is 146 Å². The van der Waals surface area contributed by atoms with Crippen LogP contribution in [0, 0.1) is 11.3 Å². The lowest BCUT2D eigenvalue weighted by Gasteiger charge is -2.43. The summed E-state index contributed by atoms with van der Waals surface area (Å²) in [6, 6.07) is 9.62. The number of nitrogens with zero attached hydrogens (tertiary/aromatic N) is 9. The Morgan fingerprint density at radius 3 is 1.89 bits per heavy atom. The van der Waals surface area contributed by atoms with Gasteiger partial charge in [-0.15, -0.1) is 5.10 Å². The number of nitrogens with one attached hydrogen (secondary N) is 1. The smallest absolute Gasteiger partial charge is 0.257 e. The van der Waals surface area contributed by atoms with Gasteiger partial charge < -0.3 is 52.7 Å². The first-order valence-corrected chi connectivity index (χ1v) is 23.2. The topological polar surface area (TPSA) is 206 Å². The first kappa shape index (κ1) is 49.1. The fourth-order valence-electron chi connectivity index (χ4n) is 8.57. The molecule has 1 aromatic carbocycles. The highest BCUT2D eigenvalue weighted by Gasteiger charge is 2.42. The second-order valence-corrected chi connectivity index (χ2v) is 16.5. The Bertz CT molecular complexity index is 2000. The van der Waals surface area contributed by atoms with Crippen LogP contribution in [0.2, 0.25) is 0 Å². The molecule has 20 nitrogen and oxygen atoms in total. The van der Waals surface area contributed by atoms with Gasteiger partial charge in [0.1, 0.15) is 42.9 Å². The van der Waals surface area contributed by atoms with Gasteiger partial charge in [0.05, 0.1) is 123 Å². The van der Waals surface area contributed by atoms with Gasteiger partial charge in [0.25, 0.3) is 5.88 Å². The molecular weight excluding hydrogens is 853 g/mol. The average molecular weight is 919 g/mol. The zero-order chi connectivity index (χ0) is 45.6. The third kappa shape index (κ3) is 15.1. The molecule has 66 heavy (non-hydrogen) atoms. The average Bonchev–Trinajstić information content (AvgIpc) is 4.07. The Morgan fingerprint density at radius 2 is 1.32 bits per heavy atom. The number of benzene rings is 1. The molecule has 20 heteroatoms. The monoisotopic (exact) mass is 918 g/mol. The molecule has 0 spiro atoms. The standard InChI is InChI=1S/C46H66N10O10/c1-35(29-54-34-48-33-51-54)66-44-25-36(3-4-37(44)26-47)38-27-49-46(50-28-38)52-43-30-55(39-5-7-40(8-6-39)56-41-9-10-42(56)32-64-31-41)53-45(43)65-24-23-63-22-21-62-20-19-61-18-17-60-16-15-59-14-13-58-12-11-57-2/h3-4,25,27-28,30,33-35,39-42H,5-24,29,31-32H2,1-2H3,(H,49,50,52)/t35-,39-,40-,41-,42+/m0/s1. The van der Waals surface area contributed by atoms with E-state index in [1.165, 1.54) is 19.2 Å². The van der Waals surface area contributed by atoms with Crippen molar-refractivity contribution in [2.75, 3.05) is 118 Å². The first-order chi connectivity index (χ1) is 32.6. The molecule has 2 bridgehead atoms. The Morgan fingerprint density at radius 1 is 0.742 bits per heavy atom. The number of rotatable bonds is 31. The third-order valence-corrected chi connectivity index (χ3v) is 11.8. The van der Waals surface area contributed by atoms with Crippen LogP contribution in [0.25, 0.3) is 11.1 Å². The minimum absolute atomic E-state index is 0.250. The summed E-state index contributed by atoms with van der Waals surface area (Å²) >= 11 is 0. The van der Waals surface area contributed by atoms with Crippen LogP contribution < -0.4 is 14.8 Å². The SMILES string of the molecule is COCCOCCOCCOCCOCCOCCOCCOc1nn([C@H]2CC[C@H](N3[C@@H]4CC[C@H]3COC4)CC2)cc1Nc1ncc(-c2ccc(C#N)c(O[C@@H](C)Cn3cncn3)c2)cn1. The van der Waals surface area contributed by atoms with Crippen molar-refractivity contribution in [3.63, 3.8) is 0 Å². The van der Waals surface area contributed by atoms with Crippen LogP contribution >= 0.6 is 0 Å². The fourth-order valence-corrected chi connectivity index (χ4v) is 8.57. The summed E-state index contributed by atoms with van der Waals surface area (Å²) < 4.78 is 60.3. The summed E-state index contributed by atoms with van der Waals surface area (Å²) in [6.07, 6.45) is 15.1. The second kappa shape index (κ2) is 27.1. The Kier molecular flexibility index (Phi) is 20.2. The maximum absolute atomic E-state index is 9.77. The number of nitriles is 1. The molecule has 2 aliphatic heterocycles. The lowest BCUT2D eigenvalue weighted by molar-refractivity contribution is -0.0458. The van der Waals surface area contributed by atoms with Crippen LogP contribution in [-0.2, 0) is 44.4 Å². The Labute approximate surface area is 387 Å². The highest BCUT2D eigenvalue weighted by molar-refractivity contribution is 5.67. The van der Waals surface area contributed by atoms with Crippen LogP contribution in [0.5, 0.6) is 11.6 Å². The van der Waals surface area contributed by atoms with Crippen molar-refractivity contribution < 1.29 is 47.4 Å². The van der Waals surface area contributed by atoms with Gasteiger partial charge in [0, 0.05) is 43.2 Å². The summed E-state index contributed by atoms with van der Waals surface area (Å²) in [6.45, 7) is 10.8. The minimum Gasteiger partial charge on any atom is -0.487 e. The van der Waals surface area contributed by atoms with Gasteiger partial charge in [-0.2, -0.15) is 10.4 Å². The van der Waals surface area contributed by atoms with Crippen molar-refractivity contribution in [3.05, 3.63) is 55.0 Å². The number of hydrogen-bond donors (Lipinski definition) is 1. The number of aromatic nitrogens is 7. The van der Waals surface area contributed by atoms with Gasteiger partial charge in [0.15, 0.2) is 0 Å². The summed E-state index contributed by atoms with van der Waals surface area (Å²) in [5.41, 5.74) is 2.69. The van der Waals surface area contributed by atoms with Gasteiger partial charge in [-0.1, -0.05) is 6.07 Å². The van der Waals surface area contributed by atoms with Crippen molar-refractivity contribution >= 4 is 11.6 Å². The zero-order valence-corrected chi connectivity index (χ0v) is 38.4. The van der Waals surface area contributed by atoms with E-state index in [9.17, 15) is 5.26 Å². The van der Waals surface area contributed by atoms with Gasteiger partial charge in [-0.05, 0) is 63.1 Å².